The molecule has 0 radical (unpaired) electrons. The van der Waals surface area contributed by atoms with Gasteiger partial charge in [0.2, 0.25) is 0 Å². The molecule has 1 aliphatic heterocycles. The Bertz CT molecular complexity index is 547. The van der Waals surface area contributed by atoms with E-state index in [0.29, 0.717) is 18.7 Å². The van der Waals surface area contributed by atoms with Gasteiger partial charge in [-0.05, 0) is 41.1 Å². The van der Waals surface area contributed by atoms with E-state index < -0.39 is 11.6 Å². The molecule has 1 heterocycles. The number of nitrogens with zero attached hydrogens (tertiary/aromatic N) is 2. The van der Waals surface area contributed by atoms with E-state index in [9.17, 15) is 4.79 Å². The van der Waals surface area contributed by atoms with E-state index in [1.165, 1.54) is 0 Å². The summed E-state index contributed by atoms with van der Waals surface area (Å²) in [4.78, 5) is 12.6. The molecular formula is C13H13BrN2O3. The number of anilines is 1. The minimum atomic E-state index is -0.958. The number of benzene rings is 1. The van der Waals surface area contributed by atoms with E-state index in [0.717, 1.165) is 10.2 Å². The van der Waals surface area contributed by atoms with Crippen molar-refractivity contribution in [3.8, 4) is 6.07 Å². The van der Waals surface area contributed by atoms with Gasteiger partial charge in [0, 0.05) is 23.2 Å². The first-order chi connectivity index (χ1) is 8.93. The number of hydrogen-bond acceptors (Lipinski definition) is 4. The molecule has 100 valence electrons. The maximum atomic E-state index is 10.5. The molecule has 0 saturated carbocycles. The average molecular weight is 325 g/mol. The van der Waals surface area contributed by atoms with Crippen LogP contribution in [-0.2, 0) is 9.53 Å². The molecule has 1 N–H and O–H groups in total. The number of hydrogen-bond donors (Lipinski definition) is 1. The Morgan fingerprint density at radius 3 is 2.84 bits per heavy atom. The summed E-state index contributed by atoms with van der Waals surface area (Å²) in [6, 6.07) is 7.61. The number of carboxylic acid groups (broad SMARTS) is 1. The second-order valence-corrected chi connectivity index (χ2v) is 5.62. The maximum absolute atomic E-state index is 10.5. The van der Waals surface area contributed by atoms with E-state index in [2.05, 4.69) is 26.9 Å². The SMILES string of the molecule is CC1(OCC(=O)O)CN(c2ccc(C#N)c(Br)c2)C1. The lowest BCUT2D eigenvalue weighted by molar-refractivity contribution is -0.150. The number of carbonyl (C=O) groups is 1. The second kappa shape index (κ2) is 5.19. The van der Waals surface area contributed by atoms with E-state index >= 15 is 0 Å². The molecule has 0 atom stereocenters. The molecule has 0 spiro atoms. The minimum Gasteiger partial charge on any atom is -0.480 e. The average Bonchev–Trinajstić information content (AvgIpc) is 2.33. The van der Waals surface area contributed by atoms with Gasteiger partial charge in [0.15, 0.2) is 0 Å². The Labute approximate surface area is 119 Å². The Kier molecular flexibility index (Phi) is 3.78. The summed E-state index contributed by atoms with van der Waals surface area (Å²) in [5, 5.41) is 17.5. The molecule has 1 aromatic carbocycles. The van der Waals surface area contributed by atoms with Crippen molar-refractivity contribution in [3.63, 3.8) is 0 Å². The lowest BCUT2D eigenvalue weighted by Gasteiger charge is -2.48. The maximum Gasteiger partial charge on any atom is 0.329 e. The lowest BCUT2D eigenvalue weighted by Crippen LogP contribution is -2.62. The zero-order valence-electron chi connectivity index (χ0n) is 10.4. The first-order valence-electron chi connectivity index (χ1n) is 5.74. The zero-order valence-corrected chi connectivity index (χ0v) is 12.0. The van der Waals surface area contributed by atoms with Crippen LogP contribution in [0.4, 0.5) is 5.69 Å². The van der Waals surface area contributed by atoms with Crippen LogP contribution in [0.5, 0.6) is 0 Å². The standard InChI is InChI=1S/C13H13BrN2O3/c1-13(19-6-12(17)18)7-16(8-13)10-3-2-9(5-15)11(14)4-10/h2-4H,6-8H2,1H3,(H,17,18). The van der Waals surface area contributed by atoms with Gasteiger partial charge >= 0.3 is 5.97 Å². The molecule has 1 aliphatic rings. The molecule has 5 nitrogen and oxygen atoms in total. The number of aliphatic carboxylic acids is 1. The predicted octanol–water partition coefficient (Wildman–Crippen LogP) is 2.00. The van der Waals surface area contributed by atoms with E-state index in [1.807, 2.05) is 19.1 Å². The first kappa shape index (κ1) is 13.8. The van der Waals surface area contributed by atoms with Gasteiger partial charge in [0.05, 0.1) is 5.56 Å². The highest BCUT2D eigenvalue weighted by Crippen LogP contribution is 2.32. The zero-order chi connectivity index (χ0) is 14.0. The van der Waals surface area contributed by atoms with E-state index in [1.54, 1.807) is 6.07 Å². The van der Waals surface area contributed by atoms with Crippen molar-refractivity contribution in [2.24, 2.45) is 0 Å². The van der Waals surface area contributed by atoms with Crippen LogP contribution in [0.2, 0.25) is 0 Å². The lowest BCUT2D eigenvalue weighted by atomic mass is 9.95. The number of carboxylic acids is 1. The summed E-state index contributed by atoms with van der Waals surface area (Å²) in [5.41, 5.74) is 1.16. The van der Waals surface area contributed by atoms with Crippen molar-refractivity contribution in [1.29, 1.82) is 5.26 Å². The highest BCUT2D eigenvalue weighted by Gasteiger charge is 2.40. The van der Waals surface area contributed by atoms with Crippen LogP contribution in [0, 0.1) is 11.3 Å². The van der Waals surface area contributed by atoms with Gasteiger partial charge in [-0.3, -0.25) is 0 Å². The molecule has 0 bridgehead atoms. The van der Waals surface area contributed by atoms with Crippen LogP contribution >= 0.6 is 15.9 Å². The highest BCUT2D eigenvalue weighted by molar-refractivity contribution is 9.10. The Morgan fingerprint density at radius 2 is 2.32 bits per heavy atom. The van der Waals surface area contributed by atoms with Crippen LogP contribution in [0.25, 0.3) is 0 Å². The topological polar surface area (TPSA) is 73.6 Å². The summed E-state index contributed by atoms with van der Waals surface area (Å²) < 4.78 is 6.11. The first-order valence-corrected chi connectivity index (χ1v) is 6.53. The fourth-order valence-electron chi connectivity index (χ4n) is 2.06. The fraction of sp³-hybridized carbons (Fsp3) is 0.385. The van der Waals surface area contributed by atoms with Crippen molar-refractivity contribution in [2.75, 3.05) is 24.6 Å². The van der Waals surface area contributed by atoms with Crippen LogP contribution in [0.3, 0.4) is 0 Å². The fourth-order valence-corrected chi connectivity index (χ4v) is 2.52. The van der Waals surface area contributed by atoms with Crippen LogP contribution in [0.15, 0.2) is 22.7 Å². The summed E-state index contributed by atoms with van der Waals surface area (Å²) in [6.07, 6.45) is 0. The summed E-state index contributed by atoms with van der Waals surface area (Å²) in [5.74, 6) is -0.958. The summed E-state index contributed by atoms with van der Waals surface area (Å²) in [6.45, 7) is 2.89. The van der Waals surface area contributed by atoms with Gasteiger partial charge in [0.1, 0.15) is 18.3 Å². The van der Waals surface area contributed by atoms with Gasteiger partial charge in [-0.2, -0.15) is 5.26 Å². The molecule has 0 aromatic heterocycles. The molecule has 1 aromatic rings. The third-order valence-corrected chi connectivity index (χ3v) is 3.69. The van der Waals surface area contributed by atoms with Crippen molar-refractivity contribution in [3.05, 3.63) is 28.2 Å². The van der Waals surface area contributed by atoms with Crippen molar-refractivity contribution in [1.82, 2.24) is 0 Å². The third-order valence-electron chi connectivity index (χ3n) is 3.03. The van der Waals surface area contributed by atoms with E-state index in [4.69, 9.17) is 15.1 Å². The van der Waals surface area contributed by atoms with Crippen LogP contribution in [0.1, 0.15) is 12.5 Å². The normalized spacial score (nSPS) is 16.6. The van der Waals surface area contributed by atoms with Crippen molar-refractivity contribution < 1.29 is 14.6 Å². The monoisotopic (exact) mass is 324 g/mol. The molecule has 2 rings (SSSR count). The predicted molar refractivity (Wildman–Crippen MR) is 73.1 cm³/mol. The molecule has 1 saturated heterocycles. The van der Waals surface area contributed by atoms with Gasteiger partial charge in [0.25, 0.3) is 0 Å². The number of nitriles is 1. The summed E-state index contributed by atoms with van der Waals surface area (Å²) in [7, 11) is 0. The second-order valence-electron chi connectivity index (χ2n) is 4.76. The Morgan fingerprint density at radius 1 is 1.63 bits per heavy atom. The smallest absolute Gasteiger partial charge is 0.329 e. The Hall–Kier alpha value is -1.58. The molecule has 0 aliphatic carbocycles. The number of ether oxygens (including phenoxy) is 1. The van der Waals surface area contributed by atoms with Crippen molar-refractivity contribution >= 4 is 27.6 Å². The third kappa shape index (κ3) is 3.06. The van der Waals surface area contributed by atoms with Gasteiger partial charge in [-0.25, -0.2) is 4.79 Å². The van der Waals surface area contributed by atoms with Crippen LogP contribution in [-0.4, -0.2) is 36.4 Å². The molecule has 6 heteroatoms. The van der Waals surface area contributed by atoms with E-state index in [-0.39, 0.29) is 6.61 Å². The molecular weight excluding hydrogens is 312 g/mol. The molecule has 19 heavy (non-hydrogen) atoms. The van der Waals surface area contributed by atoms with Crippen LogP contribution < -0.4 is 4.90 Å². The highest BCUT2D eigenvalue weighted by atomic mass is 79.9. The van der Waals surface area contributed by atoms with Gasteiger partial charge in [-0.1, -0.05) is 0 Å². The molecule has 0 unspecified atom stereocenters. The van der Waals surface area contributed by atoms with Gasteiger partial charge < -0.3 is 14.7 Å². The number of rotatable bonds is 4. The minimum absolute atomic E-state index is 0.276. The van der Waals surface area contributed by atoms with Gasteiger partial charge in [-0.15, -0.1) is 0 Å². The number of halogens is 1. The molecule has 0 amide bonds. The Balaban J connectivity index is 1.98. The van der Waals surface area contributed by atoms with Crippen molar-refractivity contribution in [2.45, 2.75) is 12.5 Å². The largest absolute Gasteiger partial charge is 0.480 e. The molecule has 1 fully saturated rings. The summed E-state index contributed by atoms with van der Waals surface area (Å²) >= 11 is 3.35. The quantitative estimate of drug-likeness (QED) is 0.917.